The van der Waals surface area contributed by atoms with Crippen LogP contribution in [0, 0.1) is 0 Å². The Bertz CT molecular complexity index is 726. The largest absolute Gasteiger partial charge is 0.465 e. The third-order valence-corrected chi connectivity index (χ3v) is 3.40. The molecule has 2 aromatic carbocycles. The van der Waals surface area contributed by atoms with Crippen molar-refractivity contribution in [3.05, 3.63) is 65.7 Å². The highest BCUT2D eigenvalue weighted by Gasteiger charge is 2.16. The van der Waals surface area contributed by atoms with Gasteiger partial charge in [-0.15, -0.1) is 0 Å². The molecule has 0 aliphatic carbocycles. The van der Waals surface area contributed by atoms with E-state index >= 15 is 0 Å². The van der Waals surface area contributed by atoms with E-state index in [-0.39, 0.29) is 18.9 Å². The number of anilines is 1. The van der Waals surface area contributed by atoms with Gasteiger partial charge in [0.15, 0.2) is 5.78 Å². The lowest BCUT2D eigenvalue weighted by molar-refractivity contribution is -0.117. The number of amides is 2. The molecule has 2 amide bonds. The van der Waals surface area contributed by atoms with Crippen molar-refractivity contribution < 1.29 is 19.5 Å². The number of carboxylic acid groups (broad SMARTS) is 1. The van der Waals surface area contributed by atoms with Crippen LogP contribution in [0.5, 0.6) is 0 Å². The monoisotopic (exact) mass is 326 g/mol. The molecule has 124 valence electrons. The van der Waals surface area contributed by atoms with Gasteiger partial charge in [-0.1, -0.05) is 30.3 Å². The molecule has 0 saturated heterocycles. The van der Waals surface area contributed by atoms with E-state index in [1.54, 1.807) is 36.4 Å². The van der Waals surface area contributed by atoms with Gasteiger partial charge in [-0.3, -0.25) is 14.5 Å². The van der Waals surface area contributed by atoms with E-state index in [2.05, 4.69) is 5.32 Å². The van der Waals surface area contributed by atoms with Crippen molar-refractivity contribution in [1.29, 1.82) is 0 Å². The summed E-state index contributed by atoms with van der Waals surface area (Å²) < 4.78 is 0. The van der Waals surface area contributed by atoms with Gasteiger partial charge in [0.2, 0.25) is 5.91 Å². The van der Waals surface area contributed by atoms with Crippen molar-refractivity contribution in [3.63, 3.8) is 0 Å². The first-order valence-electron chi connectivity index (χ1n) is 7.38. The molecule has 2 rings (SSSR count). The summed E-state index contributed by atoms with van der Waals surface area (Å²) >= 11 is 0. The summed E-state index contributed by atoms with van der Waals surface area (Å²) in [5, 5.41) is 11.9. The average molecular weight is 326 g/mol. The fourth-order valence-corrected chi connectivity index (χ4v) is 2.16. The normalized spacial score (nSPS) is 10.0. The molecule has 0 aliphatic rings. The van der Waals surface area contributed by atoms with Crippen LogP contribution in [0.25, 0.3) is 0 Å². The number of Topliss-reactive ketones (excluding diaryl/α,β-unsaturated/α-hetero) is 1. The maximum absolute atomic E-state index is 12.1. The van der Waals surface area contributed by atoms with E-state index in [1.807, 2.05) is 18.2 Å². The van der Waals surface area contributed by atoms with Crippen LogP contribution in [0.15, 0.2) is 54.6 Å². The van der Waals surface area contributed by atoms with Gasteiger partial charge in [0.1, 0.15) is 6.54 Å². The molecule has 0 heterocycles. The van der Waals surface area contributed by atoms with Gasteiger partial charge in [-0.25, -0.2) is 4.79 Å². The molecule has 6 heteroatoms. The van der Waals surface area contributed by atoms with Crippen LogP contribution < -0.4 is 5.32 Å². The SMILES string of the molecule is CC(=O)c1ccc(NC(=O)CN(Cc2ccccc2)C(=O)O)cc1. The standard InChI is InChI=1S/C18H18N2O4/c1-13(21)15-7-9-16(10-8-15)19-17(22)12-20(18(23)24)11-14-5-3-2-4-6-14/h2-10H,11-12H2,1H3,(H,19,22)(H,23,24). The highest BCUT2D eigenvalue weighted by Crippen LogP contribution is 2.11. The Kier molecular flexibility index (Phi) is 5.68. The molecule has 2 aromatic rings. The summed E-state index contributed by atoms with van der Waals surface area (Å²) in [6.45, 7) is 1.31. The molecule has 0 spiro atoms. The average Bonchev–Trinajstić information content (AvgIpc) is 2.55. The molecule has 0 aliphatic heterocycles. The minimum atomic E-state index is -1.17. The molecule has 0 atom stereocenters. The molecule has 6 nitrogen and oxygen atoms in total. The van der Waals surface area contributed by atoms with Crippen LogP contribution in [0.2, 0.25) is 0 Å². The third-order valence-electron chi connectivity index (χ3n) is 3.40. The van der Waals surface area contributed by atoms with Crippen LogP contribution in [-0.2, 0) is 11.3 Å². The van der Waals surface area contributed by atoms with Gasteiger partial charge in [0, 0.05) is 17.8 Å². The van der Waals surface area contributed by atoms with Crippen LogP contribution in [0.4, 0.5) is 10.5 Å². The lowest BCUT2D eigenvalue weighted by atomic mass is 10.1. The van der Waals surface area contributed by atoms with Gasteiger partial charge in [0.25, 0.3) is 0 Å². The first-order chi connectivity index (χ1) is 11.5. The van der Waals surface area contributed by atoms with E-state index < -0.39 is 12.0 Å². The number of hydrogen-bond donors (Lipinski definition) is 2. The quantitative estimate of drug-likeness (QED) is 0.799. The molecular weight excluding hydrogens is 308 g/mol. The molecule has 0 saturated carbocycles. The van der Waals surface area contributed by atoms with Gasteiger partial charge in [-0.05, 0) is 36.8 Å². The smallest absolute Gasteiger partial charge is 0.408 e. The van der Waals surface area contributed by atoms with Crippen molar-refractivity contribution in [2.45, 2.75) is 13.5 Å². The third kappa shape index (κ3) is 4.95. The summed E-state index contributed by atoms with van der Waals surface area (Å²) in [6.07, 6.45) is -1.17. The van der Waals surface area contributed by atoms with E-state index in [0.717, 1.165) is 10.5 Å². The van der Waals surface area contributed by atoms with Crippen LogP contribution in [0.3, 0.4) is 0 Å². The van der Waals surface area contributed by atoms with Crippen molar-refractivity contribution >= 4 is 23.5 Å². The van der Waals surface area contributed by atoms with E-state index in [9.17, 15) is 19.5 Å². The Hall–Kier alpha value is -3.15. The molecule has 0 aromatic heterocycles. The fourth-order valence-electron chi connectivity index (χ4n) is 2.16. The number of ketones is 1. The van der Waals surface area contributed by atoms with Crippen LogP contribution in [-0.4, -0.2) is 34.3 Å². The van der Waals surface area contributed by atoms with Crippen LogP contribution >= 0.6 is 0 Å². The summed E-state index contributed by atoms with van der Waals surface area (Å²) in [5.74, 6) is -0.503. The Morgan fingerprint density at radius 1 is 1.00 bits per heavy atom. The number of nitrogens with zero attached hydrogens (tertiary/aromatic N) is 1. The van der Waals surface area contributed by atoms with Crippen molar-refractivity contribution in [1.82, 2.24) is 4.90 Å². The summed E-state index contributed by atoms with van der Waals surface area (Å²) in [4.78, 5) is 35.6. The first-order valence-corrected chi connectivity index (χ1v) is 7.38. The Balaban J connectivity index is 1.97. The van der Waals surface area contributed by atoms with Gasteiger partial charge < -0.3 is 10.4 Å². The fraction of sp³-hybridized carbons (Fsp3) is 0.167. The Labute approximate surface area is 139 Å². The maximum atomic E-state index is 12.1. The zero-order valence-electron chi connectivity index (χ0n) is 13.2. The maximum Gasteiger partial charge on any atom is 0.408 e. The van der Waals surface area contributed by atoms with Crippen molar-refractivity contribution in [2.75, 3.05) is 11.9 Å². The van der Waals surface area contributed by atoms with Crippen molar-refractivity contribution in [3.8, 4) is 0 Å². The van der Waals surface area contributed by atoms with E-state index in [0.29, 0.717) is 11.3 Å². The van der Waals surface area contributed by atoms with Crippen LogP contribution in [0.1, 0.15) is 22.8 Å². The zero-order valence-corrected chi connectivity index (χ0v) is 13.2. The molecule has 0 bridgehead atoms. The minimum absolute atomic E-state index is 0.0622. The second-order valence-electron chi connectivity index (χ2n) is 5.31. The summed E-state index contributed by atoms with van der Waals surface area (Å²) in [5.41, 5.74) is 1.86. The first kappa shape index (κ1) is 17.2. The van der Waals surface area contributed by atoms with Gasteiger partial charge >= 0.3 is 6.09 Å². The number of rotatable bonds is 6. The predicted octanol–water partition coefficient (Wildman–Crippen LogP) is 3.01. The van der Waals surface area contributed by atoms with Crippen molar-refractivity contribution in [2.24, 2.45) is 0 Å². The number of benzene rings is 2. The second kappa shape index (κ2) is 7.92. The number of carbonyl (C=O) groups excluding carboxylic acids is 2. The molecule has 0 unspecified atom stereocenters. The topological polar surface area (TPSA) is 86.7 Å². The predicted molar refractivity (Wildman–Crippen MR) is 90.0 cm³/mol. The molecule has 0 fully saturated rings. The Morgan fingerprint density at radius 2 is 1.62 bits per heavy atom. The van der Waals surface area contributed by atoms with Gasteiger partial charge in [0.05, 0.1) is 0 Å². The molecule has 0 radical (unpaired) electrons. The molecule has 2 N–H and O–H groups in total. The molecule has 24 heavy (non-hydrogen) atoms. The van der Waals surface area contributed by atoms with Gasteiger partial charge in [-0.2, -0.15) is 0 Å². The number of hydrogen-bond acceptors (Lipinski definition) is 3. The Morgan fingerprint density at radius 3 is 2.17 bits per heavy atom. The zero-order chi connectivity index (χ0) is 17.5. The second-order valence-corrected chi connectivity index (χ2v) is 5.31. The summed E-state index contributed by atoms with van der Waals surface area (Å²) in [7, 11) is 0. The molecular formula is C18H18N2O4. The number of nitrogens with one attached hydrogen (secondary N) is 1. The van der Waals surface area contributed by atoms with E-state index in [4.69, 9.17) is 0 Å². The highest BCUT2D eigenvalue weighted by molar-refractivity contribution is 5.96. The summed E-state index contributed by atoms with van der Waals surface area (Å²) in [6, 6.07) is 15.5. The lowest BCUT2D eigenvalue weighted by Crippen LogP contribution is -2.36. The lowest BCUT2D eigenvalue weighted by Gasteiger charge is -2.18. The van der Waals surface area contributed by atoms with E-state index in [1.165, 1.54) is 6.92 Å². The minimum Gasteiger partial charge on any atom is -0.465 e. The highest BCUT2D eigenvalue weighted by atomic mass is 16.4. The number of carbonyl (C=O) groups is 3.